The molecule has 0 radical (unpaired) electrons. The third-order valence-electron chi connectivity index (χ3n) is 2.96. The molecule has 0 amide bonds. The summed E-state index contributed by atoms with van der Waals surface area (Å²) in [6.45, 7) is 1.59. The molecule has 1 saturated heterocycles. The summed E-state index contributed by atoms with van der Waals surface area (Å²) < 4.78 is 38.8. The van der Waals surface area contributed by atoms with Gasteiger partial charge in [-0.3, -0.25) is 9.69 Å². The molecule has 1 fully saturated rings. The first-order valence-electron chi connectivity index (χ1n) is 5.65. The minimum Gasteiger partial charge on any atom is -0.390 e. The van der Waals surface area contributed by atoms with Crippen molar-refractivity contribution in [3.05, 3.63) is 32.7 Å². The van der Waals surface area contributed by atoms with Gasteiger partial charge in [-0.1, -0.05) is 0 Å². The second kappa shape index (κ2) is 5.26. The average molecular weight is 341 g/mol. The van der Waals surface area contributed by atoms with E-state index in [1.165, 1.54) is 0 Å². The molecule has 0 aliphatic carbocycles. The van der Waals surface area contributed by atoms with Crippen molar-refractivity contribution in [1.29, 1.82) is 0 Å². The zero-order valence-corrected chi connectivity index (χ0v) is 11.4. The molecule has 1 aromatic heterocycles. The van der Waals surface area contributed by atoms with E-state index in [9.17, 15) is 18.0 Å². The molecular weight excluding hydrogens is 329 g/mol. The topological polar surface area (TPSA) is 45.5 Å². The third-order valence-corrected chi connectivity index (χ3v) is 3.53. The summed E-state index contributed by atoms with van der Waals surface area (Å²) in [6, 6.07) is 0.784. The van der Waals surface area contributed by atoms with E-state index in [0.29, 0.717) is 19.6 Å². The van der Waals surface area contributed by atoms with Gasteiger partial charge in [-0.25, -0.2) is 0 Å². The van der Waals surface area contributed by atoms with Gasteiger partial charge in [0.15, 0.2) is 0 Å². The predicted octanol–water partition coefficient (Wildman–Crippen LogP) is 1.31. The first-order valence-corrected chi connectivity index (χ1v) is 6.44. The lowest BCUT2D eigenvalue weighted by atomic mass is 10.2. The summed E-state index contributed by atoms with van der Waals surface area (Å²) in [5.41, 5.74) is -1.35. The summed E-state index contributed by atoms with van der Waals surface area (Å²) in [5, 5.41) is 9.10. The Morgan fingerprint density at radius 2 is 2.00 bits per heavy atom. The van der Waals surface area contributed by atoms with Gasteiger partial charge in [0.25, 0.3) is 5.56 Å². The van der Waals surface area contributed by atoms with E-state index < -0.39 is 17.3 Å². The van der Waals surface area contributed by atoms with Crippen LogP contribution < -0.4 is 5.56 Å². The molecule has 4 nitrogen and oxygen atoms in total. The quantitative estimate of drug-likeness (QED) is 0.902. The van der Waals surface area contributed by atoms with Crippen LogP contribution in [0.15, 0.2) is 21.5 Å². The first kappa shape index (κ1) is 14.5. The van der Waals surface area contributed by atoms with Crippen molar-refractivity contribution < 1.29 is 18.3 Å². The largest absolute Gasteiger partial charge is 0.417 e. The predicted molar refractivity (Wildman–Crippen MR) is 65.9 cm³/mol. The molecule has 0 bridgehead atoms. The highest BCUT2D eigenvalue weighted by molar-refractivity contribution is 9.10. The first-order chi connectivity index (χ1) is 8.77. The molecule has 8 heteroatoms. The Morgan fingerprint density at radius 1 is 1.37 bits per heavy atom. The van der Waals surface area contributed by atoms with Gasteiger partial charge in [0.2, 0.25) is 0 Å². The molecule has 1 aliphatic rings. The lowest BCUT2D eigenvalue weighted by Crippen LogP contribution is -2.51. The van der Waals surface area contributed by atoms with Crippen molar-refractivity contribution in [3.63, 3.8) is 0 Å². The van der Waals surface area contributed by atoms with Gasteiger partial charge in [0.05, 0.1) is 16.1 Å². The van der Waals surface area contributed by atoms with Crippen molar-refractivity contribution >= 4 is 15.9 Å². The van der Waals surface area contributed by atoms with E-state index in [1.54, 1.807) is 0 Å². The Labute approximate surface area is 115 Å². The molecule has 1 aromatic rings. The van der Waals surface area contributed by atoms with Crippen molar-refractivity contribution in [2.45, 2.75) is 18.8 Å². The van der Waals surface area contributed by atoms with Gasteiger partial charge >= 0.3 is 6.18 Å². The van der Waals surface area contributed by atoms with Crippen LogP contribution in [-0.4, -0.2) is 40.3 Å². The molecule has 0 saturated carbocycles. The maximum atomic E-state index is 12.6. The van der Waals surface area contributed by atoms with Gasteiger partial charge in [-0.05, 0) is 22.0 Å². The second-order valence-electron chi connectivity index (χ2n) is 4.49. The maximum absolute atomic E-state index is 12.6. The smallest absolute Gasteiger partial charge is 0.390 e. The molecule has 106 valence electrons. The number of likely N-dealkylation sites (tertiary alicyclic amines) is 1. The Bertz CT molecular complexity index is 524. The Morgan fingerprint density at radius 3 is 2.53 bits per heavy atom. The summed E-state index contributed by atoms with van der Waals surface area (Å²) >= 11 is 2.85. The number of hydrogen-bond donors (Lipinski definition) is 1. The molecule has 1 N–H and O–H groups in total. The molecule has 0 spiro atoms. The van der Waals surface area contributed by atoms with Crippen LogP contribution in [0.2, 0.25) is 0 Å². The van der Waals surface area contributed by atoms with Crippen LogP contribution in [0.4, 0.5) is 13.2 Å². The van der Waals surface area contributed by atoms with E-state index in [2.05, 4.69) is 15.9 Å². The van der Waals surface area contributed by atoms with Gasteiger partial charge in [-0.15, -0.1) is 0 Å². The lowest BCUT2D eigenvalue weighted by Gasteiger charge is -2.35. The highest BCUT2D eigenvalue weighted by atomic mass is 79.9. The monoisotopic (exact) mass is 340 g/mol. The minimum atomic E-state index is -4.48. The van der Waals surface area contributed by atoms with Crippen molar-refractivity contribution in [2.24, 2.45) is 0 Å². The fourth-order valence-corrected chi connectivity index (χ4v) is 2.37. The number of nitrogens with zero attached hydrogens (tertiary/aromatic N) is 2. The number of aliphatic hydroxyl groups is 1. The molecule has 0 aromatic carbocycles. The van der Waals surface area contributed by atoms with Gasteiger partial charge in [0.1, 0.15) is 0 Å². The highest BCUT2D eigenvalue weighted by Crippen LogP contribution is 2.29. The van der Waals surface area contributed by atoms with E-state index in [4.69, 9.17) is 5.11 Å². The highest BCUT2D eigenvalue weighted by Gasteiger charge is 2.32. The van der Waals surface area contributed by atoms with E-state index in [0.717, 1.165) is 16.8 Å². The maximum Gasteiger partial charge on any atom is 0.417 e. The van der Waals surface area contributed by atoms with Crippen LogP contribution in [-0.2, 0) is 12.7 Å². The van der Waals surface area contributed by atoms with Gasteiger partial charge in [-0.2, -0.15) is 13.2 Å². The molecule has 0 unspecified atom stereocenters. The molecule has 1 aliphatic heterocycles. The van der Waals surface area contributed by atoms with Crippen LogP contribution >= 0.6 is 15.9 Å². The number of pyridine rings is 1. The summed E-state index contributed by atoms with van der Waals surface area (Å²) in [5.74, 6) is 0. The van der Waals surface area contributed by atoms with Crippen LogP contribution in [0.25, 0.3) is 0 Å². The standard InChI is InChI=1S/C11H12BrF3N2O2/c12-9-3-7(11(13,14)15)4-17(10(9)19)2-1-16-5-8(18)6-16/h3-4,8,18H,1-2,5-6H2. The van der Waals surface area contributed by atoms with Crippen molar-refractivity contribution in [3.8, 4) is 0 Å². The normalized spacial score (nSPS) is 17.5. The third kappa shape index (κ3) is 3.37. The van der Waals surface area contributed by atoms with Crippen LogP contribution in [0.3, 0.4) is 0 Å². The van der Waals surface area contributed by atoms with Crippen LogP contribution in [0.5, 0.6) is 0 Å². The average Bonchev–Trinajstić information content (AvgIpc) is 2.26. The second-order valence-corrected chi connectivity index (χ2v) is 5.34. The van der Waals surface area contributed by atoms with E-state index in [-0.39, 0.29) is 17.1 Å². The number of β-amino-alcohol motifs (C(OH)–C–C–N with tert-alkyl or cyclic N) is 1. The fraction of sp³-hybridized carbons (Fsp3) is 0.545. The molecular formula is C11H12BrF3N2O2. The summed E-state index contributed by atoms with van der Waals surface area (Å²) in [4.78, 5) is 13.6. The van der Waals surface area contributed by atoms with Crippen LogP contribution in [0.1, 0.15) is 5.56 Å². The fourth-order valence-electron chi connectivity index (χ4n) is 1.89. The van der Waals surface area contributed by atoms with E-state index >= 15 is 0 Å². The Balaban J connectivity index is 2.15. The Hall–Kier alpha value is -0.860. The number of rotatable bonds is 3. The summed E-state index contributed by atoms with van der Waals surface area (Å²) in [7, 11) is 0. The van der Waals surface area contributed by atoms with Gasteiger partial charge < -0.3 is 9.67 Å². The van der Waals surface area contributed by atoms with Crippen molar-refractivity contribution in [2.75, 3.05) is 19.6 Å². The zero-order chi connectivity index (χ0) is 14.2. The number of aromatic nitrogens is 1. The number of alkyl halides is 3. The molecule has 19 heavy (non-hydrogen) atoms. The Kier molecular flexibility index (Phi) is 4.03. The number of halogens is 4. The van der Waals surface area contributed by atoms with E-state index in [1.807, 2.05) is 4.90 Å². The number of aliphatic hydroxyl groups excluding tert-OH is 1. The van der Waals surface area contributed by atoms with Crippen LogP contribution in [0, 0.1) is 0 Å². The lowest BCUT2D eigenvalue weighted by molar-refractivity contribution is -0.138. The molecule has 2 heterocycles. The SMILES string of the molecule is O=c1c(Br)cc(C(F)(F)F)cn1CCN1CC(O)C1. The zero-order valence-electron chi connectivity index (χ0n) is 9.82. The van der Waals surface area contributed by atoms with Crippen molar-refractivity contribution in [1.82, 2.24) is 9.47 Å². The summed E-state index contributed by atoms with van der Waals surface area (Å²) in [6.07, 6.45) is -4.03. The number of hydrogen-bond acceptors (Lipinski definition) is 3. The van der Waals surface area contributed by atoms with Gasteiger partial charge in [0, 0.05) is 32.4 Å². The molecule has 2 rings (SSSR count). The minimum absolute atomic E-state index is 0.106. The molecule has 0 atom stereocenters.